The Morgan fingerprint density at radius 2 is 2.20 bits per heavy atom. The van der Waals surface area contributed by atoms with Gasteiger partial charge in [-0.05, 0) is 6.07 Å². The van der Waals surface area contributed by atoms with Gasteiger partial charge in [-0.25, -0.2) is 13.8 Å². The number of halogens is 3. The Balaban J connectivity index is 3.38. The van der Waals surface area contributed by atoms with Gasteiger partial charge in [0, 0.05) is 0 Å². The molecule has 0 saturated carbocycles. The number of pyridine rings is 1. The highest BCUT2D eigenvalue weighted by atomic mass is 19.3. The Morgan fingerprint density at radius 1 is 1.60 bits per heavy atom. The van der Waals surface area contributed by atoms with E-state index in [9.17, 15) is 18.0 Å². The van der Waals surface area contributed by atoms with Gasteiger partial charge in [-0.1, -0.05) is 0 Å². The van der Waals surface area contributed by atoms with Crippen molar-refractivity contribution in [3.05, 3.63) is 23.3 Å². The number of alkyl halides is 2. The average molecular weight is 220 g/mol. The van der Waals surface area contributed by atoms with Crippen LogP contribution in [0, 0.1) is 5.95 Å². The number of hydrogen-bond acceptors (Lipinski definition) is 3. The summed E-state index contributed by atoms with van der Waals surface area (Å²) in [5, 5.41) is 0. The first-order valence-corrected chi connectivity index (χ1v) is 3.79. The van der Waals surface area contributed by atoms with Crippen molar-refractivity contribution in [3.8, 4) is 5.75 Å². The van der Waals surface area contributed by atoms with Crippen molar-refractivity contribution >= 4 is 5.91 Å². The molecule has 0 aliphatic rings. The number of carbonyl (C=O) groups excluding carboxylic acids is 1. The van der Waals surface area contributed by atoms with E-state index in [0.717, 1.165) is 7.11 Å². The maximum atomic E-state index is 13.1. The first kappa shape index (κ1) is 11.3. The van der Waals surface area contributed by atoms with Crippen LogP contribution in [0.5, 0.6) is 5.75 Å². The number of nitrogens with zero attached hydrogens (tertiary/aromatic N) is 1. The predicted octanol–water partition coefficient (Wildman–Crippen LogP) is 1.27. The minimum atomic E-state index is -2.98. The number of ether oxygens (including phenoxy) is 1. The Bertz CT molecular complexity index is 396. The summed E-state index contributed by atoms with van der Waals surface area (Å²) >= 11 is 0. The lowest BCUT2D eigenvalue weighted by atomic mass is 10.2. The molecule has 82 valence electrons. The fourth-order valence-electron chi connectivity index (χ4n) is 1.01. The number of amides is 1. The first-order chi connectivity index (χ1) is 6.97. The molecule has 1 heterocycles. The third-order valence-electron chi connectivity index (χ3n) is 1.65. The van der Waals surface area contributed by atoms with Crippen molar-refractivity contribution in [3.63, 3.8) is 0 Å². The maximum Gasteiger partial charge on any atom is 0.267 e. The number of carbonyl (C=O) groups is 1. The molecule has 0 bridgehead atoms. The summed E-state index contributed by atoms with van der Waals surface area (Å²) in [6, 6.07) is 0.703. The zero-order valence-corrected chi connectivity index (χ0v) is 7.63. The van der Waals surface area contributed by atoms with Gasteiger partial charge in [-0.3, -0.25) is 4.79 Å². The SMILES string of the molecule is COc1c(C(F)F)cc(C(N)=O)nc1F. The molecule has 1 amide bonds. The first-order valence-electron chi connectivity index (χ1n) is 3.79. The van der Waals surface area contributed by atoms with E-state index in [1.807, 2.05) is 0 Å². The molecule has 0 aliphatic heterocycles. The van der Waals surface area contributed by atoms with Crippen molar-refractivity contribution in [1.29, 1.82) is 0 Å². The zero-order valence-electron chi connectivity index (χ0n) is 7.63. The molecule has 0 saturated heterocycles. The predicted molar refractivity (Wildman–Crippen MR) is 44.2 cm³/mol. The monoisotopic (exact) mass is 220 g/mol. The summed E-state index contributed by atoms with van der Waals surface area (Å²) in [6.07, 6.45) is -2.98. The van der Waals surface area contributed by atoms with Crippen LogP contribution in [0.25, 0.3) is 0 Å². The molecule has 0 spiro atoms. The second-order valence-corrected chi connectivity index (χ2v) is 2.59. The molecule has 0 aliphatic carbocycles. The minimum Gasteiger partial charge on any atom is -0.492 e. The smallest absolute Gasteiger partial charge is 0.267 e. The summed E-state index contributed by atoms with van der Waals surface area (Å²) in [4.78, 5) is 13.7. The van der Waals surface area contributed by atoms with E-state index < -0.39 is 35.3 Å². The highest BCUT2D eigenvalue weighted by Gasteiger charge is 2.21. The van der Waals surface area contributed by atoms with Crippen LogP contribution in [-0.2, 0) is 0 Å². The number of nitrogens with two attached hydrogens (primary N) is 1. The van der Waals surface area contributed by atoms with Crippen LogP contribution in [-0.4, -0.2) is 18.0 Å². The molecule has 1 aromatic heterocycles. The largest absolute Gasteiger partial charge is 0.492 e. The molecule has 15 heavy (non-hydrogen) atoms. The average Bonchev–Trinajstić information content (AvgIpc) is 2.16. The molecule has 7 heteroatoms. The summed E-state index contributed by atoms with van der Waals surface area (Å²) in [5.41, 5.74) is 3.47. The highest BCUT2D eigenvalue weighted by molar-refractivity contribution is 5.91. The van der Waals surface area contributed by atoms with Crippen LogP contribution in [0.4, 0.5) is 13.2 Å². The van der Waals surface area contributed by atoms with E-state index in [1.165, 1.54) is 0 Å². The van der Waals surface area contributed by atoms with Crippen molar-refractivity contribution in [2.75, 3.05) is 7.11 Å². The maximum absolute atomic E-state index is 13.1. The van der Waals surface area contributed by atoms with E-state index in [0.29, 0.717) is 6.07 Å². The lowest BCUT2D eigenvalue weighted by Gasteiger charge is -2.08. The molecule has 0 aromatic carbocycles. The molecule has 0 unspecified atom stereocenters. The number of aromatic nitrogens is 1. The normalized spacial score (nSPS) is 10.5. The summed E-state index contributed by atoms with van der Waals surface area (Å²) in [5.74, 6) is -3.06. The van der Waals surface area contributed by atoms with Crippen molar-refractivity contribution in [2.45, 2.75) is 6.43 Å². The summed E-state index contributed by atoms with van der Waals surface area (Å²) < 4.78 is 42.3. The second kappa shape index (κ2) is 4.16. The van der Waals surface area contributed by atoms with Crippen molar-refractivity contribution in [1.82, 2.24) is 4.98 Å². The van der Waals surface area contributed by atoms with Crippen LogP contribution in [0.15, 0.2) is 6.07 Å². The van der Waals surface area contributed by atoms with Gasteiger partial charge in [-0.15, -0.1) is 0 Å². The fraction of sp³-hybridized carbons (Fsp3) is 0.250. The van der Waals surface area contributed by atoms with Gasteiger partial charge in [0.25, 0.3) is 18.3 Å². The number of hydrogen-bond donors (Lipinski definition) is 1. The van der Waals surface area contributed by atoms with Crippen LogP contribution in [0.1, 0.15) is 22.5 Å². The standard InChI is InChI=1S/C8H7F3N2O2/c1-15-5-3(6(9)10)2-4(8(12)14)13-7(5)11/h2,6H,1H3,(H2,12,14). The second-order valence-electron chi connectivity index (χ2n) is 2.59. The number of methoxy groups -OCH3 is 1. The molecule has 1 rings (SSSR count). The van der Waals surface area contributed by atoms with Crippen LogP contribution in [0.2, 0.25) is 0 Å². The van der Waals surface area contributed by atoms with Gasteiger partial charge >= 0.3 is 0 Å². The molecule has 0 atom stereocenters. The van der Waals surface area contributed by atoms with Crippen LogP contribution >= 0.6 is 0 Å². The summed E-state index contributed by atoms with van der Waals surface area (Å²) in [6.45, 7) is 0. The molecule has 0 fully saturated rings. The summed E-state index contributed by atoms with van der Waals surface area (Å²) in [7, 11) is 1.02. The van der Waals surface area contributed by atoms with E-state index in [1.54, 1.807) is 0 Å². The van der Waals surface area contributed by atoms with Crippen molar-refractivity contribution in [2.24, 2.45) is 5.73 Å². The lowest BCUT2D eigenvalue weighted by Crippen LogP contribution is -2.15. The Kier molecular flexibility index (Phi) is 3.13. The van der Waals surface area contributed by atoms with Crippen LogP contribution in [0.3, 0.4) is 0 Å². The number of rotatable bonds is 3. The highest BCUT2D eigenvalue weighted by Crippen LogP contribution is 2.30. The molecule has 4 nitrogen and oxygen atoms in total. The van der Waals surface area contributed by atoms with Gasteiger partial charge in [-0.2, -0.15) is 4.39 Å². The fourth-order valence-corrected chi connectivity index (χ4v) is 1.01. The topological polar surface area (TPSA) is 65.2 Å². The van der Waals surface area contributed by atoms with Gasteiger partial charge < -0.3 is 10.5 Å². The Hall–Kier alpha value is -1.79. The van der Waals surface area contributed by atoms with Crippen LogP contribution < -0.4 is 10.5 Å². The molecule has 0 radical (unpaired) electrons. The molecule has 2 N–H and O–H groups in total. The molecular weight excluding hydrogens is 213 g/mol. The third kappa shape index (κ3) is 2.17. The lowest BCUT2D eigenvalue weighted by molar-refractivity contribution is 0.0993. The van der Waals surface area contributed by atoms with E-state index >= 15 is 0 Å². The zero-order chi connectivity index (χ0) is 11.6. The van der Waals surface area contributed by atoms with Crippen molar-refractivity contribution < 1.29 is 22.7 Å². The van der Waals surface area contributed by atoms with E-state index in [4.69, 9.17) is 5.73 Å². The minimum absolute atomic E-state index is 0.566. The molecular formula is C8H7F3N2O2. The third-order valence-corrected chi connectivity index (χ3v) is 1.65. The Morgan fingerprint density at radius 3 is 2.60 bits per heavy atom. The quantitative estimate of drug-likeness (QED) is 0.780. The number of primary amides is 1. The van der Waals surface area contributed by atoms with E-state index in [2.05, 4.69) is 9.72 Å². The molecule has 1 aromatic rings. The van der Waals surface area contributed by atoms with Gasteiger partial charge in [0.15, 0.2) is 5.75 Å². The van der Waals surface area contributed by atoms with Gasteiger partial charge in [0.2, 0.25) is 0 Å². The van der Waals surface area contributed by atoms with E-state index in [-0.39, 0.29) is 0 Å². The van der Waals surface area contributed by atoms with Gasteiger partial charge in [0.1, 0.15) is 5.69 Å². The Labute approximate surface area is 82.9 Å². The van der Waals surface area contributed by atoms with Gasteiger partial charge in [0.05, 0.1) is 12.7 Å².